The lowest BCUT2D eigenvalue weighted by Gasteiger charge is -1.99. The van der Waals surface area contributed by atoms with E-state index < -0.39 is 5.97 Å². The number of aliphatic carboxylic acids is 1. The van der Waals surface area contributed by atoms with Crippen molar-refractivity contribution in [3.8, 4) is 0 Å². The third kappa shape index (κ3) is 3.08. The molecule has 0 atom stereocenters. The minimum absolute atomic E-state index is 0.594. The molecule has 3 heteroatoms. The first-order valence-electron chi connectivity index (χ1n) is 5.27. The number of hydrogen-bond acceptors (Lipinski definition) is 2. The van der Waals surface area contributed by atoms with E-state index in [-0.39, 0.29) is 0 Å². The molecule has 1 aromatic carbocycles. The molecule has 0 fully saturated rings. The smallest absolute Gasteiger partial charge is 0.328 e. The summed E-state index contributed by atoms with van der Waals surface area (Å²) in [7, 11) is 0. The molecular formula is C14H12O3. The molecule has 0 spiro atoms. The summed E-state index contributed by atoms with van der Waals surface area (Å²) in [6.45, 7) is 0. The molecule has 1 heterocycles. The quantitative estimate of drug-likeness (QED) is 0.818. The van der Waals surface area contributed by atoms with Gasteiger partial charge in [-0.3, -0.25) is 0 Å². The third-order valence-electron chi connectivity index (χ3n) is 2.40. The zero-order chi connectivity index (χ0) is 12.1. The molecule has 2 aromatic rings. The van der Waals surface area contributed by atoms with Gasteiger partial charge in [-0.2, -0.15) is 0 Å². The highest BCUT2D eigenvalue weighted by Crippen LogP contribution is 2.16. The number of carboxylic acids is 1. The Morgan fingerprint density at radius 3 is 2.71 bits per heavy atom. The lowest BCUT2D eigenvalue weighted by atomic mass is 10.1. The van der Waals surface area contributed by atoms with Gasteiger partial charge < -0.3 is 9.52 Å². The molecule has 0 unspecified atom stereocenters. The van der Waals surface area contributed by atoms with E-state index in [4.69, 9.17) is 9.52 Å². The van der Waals surface area contributed by atoms with Crippen LogP contribution >= 0.6 is 0 Å². The minimum Gasteiger partial charge on any atom is -0.478 e. The van der Waals surface area contributed by atoms with Crippen molar-refractivity contribution in [2.45, 2.75) is 6.42 Å². The second kappa shape index (κ2) is 5.16. The maximum absolute atomic E-state index is 10.4. The summed E-state index contributed by atoms with van der Waals surface area (Å²) in [5.74, 6) is -0.386. The molecule has 0 amide bonds. The first-order valence-corrected chi connectivity index (χ1v) is 5.27. The Hall–Kier alpha value is -2.29. The highest BCUT2D eigenvalue weighted by molar-refractivity contribution is 5.85. The van der Waals surface area contributed by atoms with Crippen LogP contribution in [0.15, 0.2) is 53.2 Å². The fourth-order valence-electron chi connectivity index (χ4n) is 1.60. The van der Waals surface area contributed by atoms with Gasteiger partial charge in [-0.15, -0.1) is 0 Å². The lowest BCUT2D eigenvalue weighted by molar-refractivity contribution is -0.131. The van der Waals surface area contributed by atoms with E-state index in [0.717, 1.165) is 18.1 Å². The molecule has 0 bridgehead atoms. The van der Waals surface area contributed by atoms with Gasteiger partial charge in [0.15, 0.2) is 0 Å². The number of carboxylic acid groups (broad SMARTS) is 1. The molecule has 0 aliphatic rings. The average Bonchev–Trinajstić information content (AvgIpc) is 2.75. The maximum Gasteiger partial charge on any atom is 0.328 e. The SMILES string of the molecule is O=C(O)C=Cc1occc1Cc1ccccc1. The van der Waals surface area contributed by atoms with Gasteiger partial charge in [-0.05, 0) is 17.7 Å². The number of furan rings is 1. The van der Waals surface area contributed by atoms with Crippen LogP contribution in [-0.2, 0) is 11.2 Å². The fourth-order valence-corrected chi connectivity index (χ4v) is 1.60. The van der Waals surface area contributed by atoms with Crippen LogP contribution in [0.4, 0.5) is 0 Å². The van der Waals surface area contributed by atoms with Crippen LogP contribution < -0.4 is 0 Å². The lowest BCUT2D eigenvalue weighted by Crippen LogP contribution is -1.89. The third-order valence-corrected chi connectivity index (χ3v) is 2.40. The predicted octanol–water partition coefficient (Wildman–Crippen LogP) is 2.97. The van der Waals surface area contributed by atoms with Crippen molar-refractivity contribution in [3.63, 3.8) is 0 Å². The predicted molar refractivity (Wildman–Crippen MR) is 64.6 cm³/mol. The average molecular weight is 228 g/mol. The van der Waals surface area contributed by atoms with Gasteiger partial charge in [-0.1, -0.05) is 30.3 Å². The van der Waals surface area contributed by atoms with E-state index in [1.807, 2.05) is 36.4 Å². The van der Waals surface area contributed by atoms with E-state index in [1.165, 1.54) is 11.6 Å². The molecular weight excluding hydrogens is 216 g/mol. The summed E-state index contributed by atoms with van der Waals surface area (Å²) in [6.07, 6.45) is 4.85. The molecule has 1 N–H and O–H groups in total. The fraction of sp³-hybridized carbons (Fsp3) is 0.0714. The zero-order valence-electron chi connectivity index (χ0n) is 9.17. The Morgan fingerprint density at radius 2 is 2.00 bits per heavy atom. The number of benzene rings is 1. The van der Waals surface area contributed by atoms with Crippen molar-refractivity contribution < 1.29 is 14.3 Å². The van der Waals surface area contributed by atoms with Gasteiger partial charge >= 0.3 is 5.97 Å². The molecule has 17 heavy (non-hydrogen) atoms. The van der Waals surface area contributed by atoms with Crippen LogP contribution in [0.5, 0.6) is 0 Å². The second-order valence-electron chi connectivity index (χ2n) is 3.64. The molecule has 86 valence electrons. The zero-order valence-corrected chi connectivity index (χ0v) is 9.17. The van der Waals surface area contributed by atoms with Crippen molar-refractivity contribution in [1.82, 2.24) is 0 Å². The van der Waals surface area contributed by atoms with E-state index in [2.05, 4.69) is 0 Å². The monoisotopic (exact) mass is 228 g/mol. The Kier molecular flexibility index (Phi) is 3.40. The first kappa shape index (κ1) is 11.2. The number of hydrogen-bond donors (Lipinski definition) is 1. The van der Waals surface area contributed by atoms with Crippen molar-refractivity contribution >= 4 is 12.0 Å². The Morgan fingerprint density at radius 1 is 1.24 bits per heavy atom. The Labute approximate surface area is 99.0 Å². The van der Waals surface area contributed by atoms with Crippen LogP contribution in [-0.4, -0.2) is 11.1 Å². The van der Waals surface area contributed by atoms with E-state index >= 15 is 0 Å². The van der Waals surface area contributed by atoms with Gasteiger partial charge in [0.25, 0.3) is 0 Å². The van der Waals surface area contributed by atoms with Crippen LogP contribution in [0.25, 0.3) is 6.08 Å². The van der Waals surface area contributed by atoms with Gasteiger partial charge in [0.2, 0.25) is 0 Å². The van der Waals surface area contributed by atoms with Crippen molar-refractivity contribution in [1.29, 1.82) is 0 Å². The summed E-state index contributed by atoms with van der Waals surface area (Å²) in [5.41, 5.74) is 2.15. The molecule has 3 nitrogen and oxygen atoms in total. The highest BCUT2D eigenvalue weighted by Gasteiger charge is 2.04. The van der Waals surface area contributed by atoms with Crippen molar-refractivity contribution in [2.75, 3.05) is 0 Å². The molecule has 0 radical (unpaired) electrons. The van der Waals surface area contributed by atoms with Gasteiger partial charge in [0.05, 0.1) is 6.26 Å². The van der Waals surface area contributed by atoms with Gasteiger partial charge in [0.1, 0.15) is 5.76 Å². The van der Waals surface area contributed by atoms with Crippen LogP contribution in [0.1, 0.15) is 16.9 Å². The molecule has 0 saturated carbocycles. The van der Waals surface area contributed by atoms with Gasteiger partial charge in [0, 0.05) is 18.1 Å². The number of rotatable bonds is 4. The minimum atomic E-state index is -0.980. The topological polar surface area (TPSA) is 50.4 Å². The summed E-state index contributed by atoms with van der Waals surface area (Å²) < 4.78 is 5.24. The Balaban J connectivity index is 2.17. The largest absolute Gasteiger partial charge is 0.478 e. The molecule has 1 aromatic heterocycles. The molecule has 0 saturated heterocycles. The van der Waals surface area contributed by atoms with E-state index in [0.29, 0.717) is 5.76 Å². The number of carbonyl (C=O) groups is 1. The van der Waals surface area contributed by atoms with E-state index in [9.17, 15) is 4.79 Å². The maximum atomic E-state index is 10.4. The molecule has 0 aliphatic heterocycles. The van der Waals surface area contributed by atoms with Crippen molar-refractivity contribution in [3.05, 3.63) is 65.6 Å². The molecule has 0 aliphatic carbocycles. The summed E-state index contributed by atoms with van der Waals surface area (Å²) in [5, 5.41) is 8.56. The van der Waals surface area contributed by atoms with Gasteiger partial charge in [-0.25, -0.2) is 4.79 Å². The van der Waals surface area contributed by atoms with E-state index in [1.54, 1.807) is 6.26 Å². The van der Waals surface area contributed by atoms with Crippen LogP contribution in [0.2, 0.25) is 0 Å². The summed E-state index contributed by atoms with van der Waals surface area (Å²) in [4.78, 5) is 10.4. The normalized spacial score (nSPS) is 10.8. The first-order chi connectivity index (χ1) is 8.25. The highest BCUT2D eigenvalue weighted by atomic mass is 16.4. The second-order valence-corrected chi connectivity index (χ2v) is 3.64. The van der Waals surface area contributed by atoms with Crippen molar-refractivity contribution in [2.24, 2.45) is 0 Å². The summed E-state index contributed by atoms with van der Waals surface area (Å²) in [6, 6.07) is 11.8. The van der Waals surface area contributed by atoms with Crippen LogP contribution in [0, 0.1) is 0 Å². The van der Waals surface area contributed by atoms with Crippen LogP contribution in [0.3, 0.4) is 0 Å². The standard InChI is InChI=1S/C14H12O3/c15-14(16)7-6-13-12(8-9-17-13)10-11-4-2-1-3-5-11/h1-9H,10H2,(H,15,16). The molecule has 2 rings (SSSR count). The summed E-state index contributed by atoms with van der Waals surface area (Å²) >= 11 is 0. The Bertz CT molecular complexity index is 523.